The van der Waals surface area contributed by atoms with Crippen molar-refractivity contribution < 1.29 is 13.2 Å². The predicted molar refractivity (Wildman–Crippen MR) is 85.2 cm³/mol. The highest BCUT2D eigenvalue weighted by Crippen LogP contribution is 2.22. The van der Waals surface area contributed by atoms with Gasteiger partial charge in [-0.2, -0.15) is 0 Å². The van der Waals surface area contributed by atoms with Crippen LogP contribution in [-0.2, 0) is 21.2 Å². The largest absolute Gasteiger partial charge is 0.340 e. The maximum atomic E-state index is 12.1. The Balaban J connectivity index is 2.65. The standard InChI is InChI=1S/C13H18Cl2N2O3S/c1-17(8-9-3-4-10(14)7-11(9)15)13(18)12(16)5-6-21(2,19)20/h3-4,7,12H,5-6,8,16H2,1-2H3. The van der Waals surface area contributed by atoms with Crippen molar-refractivity contribution in [1.29, 1.82) is 0 Å². The Labute approximate surface area is 134 Å². The van der Waals surface area contributed by atoms with Crippen LogP contribution in [0.4, 0.5) is 0 Å². The van der Waals surface area contributed by atoms with Gasteiger partial charge in [0.2, 0.25) is 5.91 Å². The predicted octanol–water partition coefficient (Wildman–Crippen LogP) is 1.71. The summed E-state index contributed by atoms with van der Waals surface area (Å²) in [5.74, 6) is -0.445. The third-order valence-corrected chi connectivity index (χ3v) is 4.48. The molecule has 1 aromatic rings. The second kappa shape index (κ2) is 7.45. The van der Waals surface area contributed by atoms with Gasteiger partial charge >= 0.3 is 0 Å². The van der Waals surface area contributed by atoms with Crippen LogP contribution in [0.15, 0.2) is 18.2 Å². The van der Waals surface area contributed by atoms with Gasteiger partial charge in [0.15, 0.2) is 0 Å². The molecule has 1 aromatic carbocycles. The van der Waals surface area contributed by atoms with Gasteiger partial charge in [-0.05, 0) is 24.1 Å². The fourth-order valence-electron chi connectivity index (χ4n) is 1.73. The van der Waals surface area contributed by atoms with Gasteiger partial charge in [-0.15, -0.1) is 0 Å². The fourth-order valence-corrected chi connectivity index (χ4v) is 2.88. The summed E-state index contributed by atoms with van der Waals surface area (Å²) in [6.07, 6.45) is 1.21. The van der Waals surface area contributed by atoms with E-state index < -0.39 is 15.9 Å². The first-order valence-corrected chi connectivity index (χ1v) is 9.04. The summed E-state index contributed by atoms with van der Waals surface area (Å²) < 4.78 is 22.2. The van der Waals surface area contributed by atoms with Crippen molar-refractivity contribution in [1.82, 2.24) is 4.90 Å². The average molecular weight is 353 g/mol. The molecule has 0 bridgehead atoms. The summed E-state index contributed by atoms with van der Waals surface area (Å²) >= 11 is 11.9. The molecule has 5 nitrogen and oxygen atoms in total. The number of sulfone groups is 1. The SMILES string of the molecule is CN(Cc1ccc(Cl)cc1Cl)C(=O)C(N)CCS(C)(=O)=O. The van der Waals surface area contributed by atoms with Crippen molar-refractivity contribution >= 4 is 38.9 Å². The van der Waals surface area contributed by atoms with Crippen molar-refractivity contribution in [2.24, 2.45) is 5.73 Å². The quantitative estimate of drug-likeness (QED) is 0.844. The zero-order chi connectivity index (χ0) is 16.2. The van der Waals surface area contributed by atoms with Crippen molar-refractivity contribution in [2.45, 2.75) is 19.0 Å². The molecule has 0 aliphatic rings. The second-order valence-electron chi connectivity index (χ2n) is 4.96. The van der Waals surface area contributed by atoms with Gasteiger partial charge in [0.1, 0.15) is 9.84 Å². The van der Waals surface area contributed by atoms with E-state index in [1.165, 1.54) is 4.90 Å². The molecule has 0 heterocycles. The van der Waals surface area contributed by atoms with Crippen LogP contribution in [0.5, 0.6) is 0 Å². The molecule has 0 aliphatic heterocycles. The first-order valence-electron chi connectivity index (χ1n) is 6.22. The van der Waals surface area contributed by atoms with Gasteiger partial charge in [-0.1, -0.05) is 29.3 Å². The number of likely N-dealkylation sites (N-methyl/N-ethyl adjacent to an activating group) is 1. The number of hydrogen-bond donors (Lipinski definition) is 1. The fraction of sp³-hybridized carbons (Fsp3) is 0.462. The van der Waals surface area contributed by atoms with Gasteiger partial charge in [-0.3, -0.25) is 4.79 Å². The summed E-state index contributed by atoms with van der Waals surface area (Å²) in [5.41, 5.74) is 6.47. The average Bonchev–Trinajstić information content (AvgIpc) is 2.37. The number of nitrogens with zero attached hydrogens (tertiary/aromatic N) is 1. The number of carbonyl (C=O) groups is 1. The van der Waals surface area contributed by atoms with E-state index >= 15 is 0 Å². The second-order valence-corrected chi connectivity index (χ2v) is 8.06. The number of amides is 1. The highest BCUT2D eigenvalue weighted by molar-refractivity contribution is 7.90. The van der Waals surface area contributed by atoms with E-state index in [1.807, 2.05) is 0 Å². The molecule has 0 spiro atoms. The molecule has 1 unspecified atom stereocenters. The molecule has 1 atom stereocenters. The van der Waals surface area contributed by atoms with Crippen LogP contribution in [0.2, 0.25) is 10.0 Å². The smallest absolute Gasteiger partial charge is 0.239 e. The molecular formula is C13H18Cl2N2O3S. The topological polar surface area (TPSA) is 80.5 Å². The van der Waals surface area contributed by atoms with Gasteiger partial charge < -0.3 is 10.6 Å². The lowest BCUT2D eigenvalue weighted by atomic mass is 10.1. The lowest BCUT2D eigenvalue weighted by Crippen LogP contribution is -2.42. The van der Waals surface area contributed by atoms with Gasteiger partial charge in [0.25, 0.3) is 0 Å². The number of rotatable bonds is 6. The van der Waals surface area contributed by atoms with Crippen LogP contribution < -0.4 is 5.73 Å². The molecule has 0 radical (unpaired) electrons. The van der Waals surface area contributed by atoms with Crippen molar-refractivity contribution in [3.05, 3.63) is 33.8 Å². The molecule has 118 valence electrons. The Morgan fingerprint density at radius 2 is 2.00 bits per heavy atom. The van der Waals surface area contributed by atoms with Gasteiger partial charge in [0, 0.05) is 29.9 Å². The number of hydrogen-bond acceptors (Lipinski definition) is 4. The molecule has 0 aromatic heterocycles. The summed E-state index contributed by atoms with van der Waals surface area (Å²) in [7, 11) is -1.54. The Morgan fingerprint density at radius 1 is 1.38 bits per heavy atom. The van der Waals surface area contributed by atoms with E-state index in [4.69, 9.17) is 28.9 Å². The van der Waals surface area contributed by atoms with Crippen LogP contribution >= 0.6 is 23.2 Å². The van der Waals surface area contributed by atoms with Crippen LogP contribution in [0, 0.1) is 0 Å². The summed E-state index contributed by atoms with van der Waals surface area (Å²) in [4.78, 5) is 13.5. The molecule has 2 N–H and O–H groups in total. The normalized spacial score (nSPS) is 13.0. The zero-order valence-electron chi connectivity index (χ0n) is 11.8. The minimum atomic E-state index is -3.14. The van der Waals surface area contributed by atoms with Crippen molar-refractivity contribution in [3.8, 4) is 0 Å². The highest BCUT2D eigenvalue weighted by atomic mass is 35.5. The maximum absolute atomic E-state index is 12.1. The van der Waals surface area contributed by atoms with E-state index in [0.29, 0.717) is 10.0 Å². The number of carbonyl (C=O) groups excluding carboxylic acids is 1. The third kappa shape index (κ3) is 6.22. The highest BCUT2D eigenvalue weighted by Gasteiger charge is 2.20. The number of nitrogens with two attached hydrogens (primary N) is 1. The maximum Gasteiger partial charge on any atom is 0.239 e. The molecule has 0 saturated heterocycles. The van der Waals surface area contributed by atoms with E-state index in [0.717, 1.165) is 11.8 Å². The summed E-state index contributed by atoms with van der Waals surface area (Å²) in [5, 5.41) is 0.981. The van der Waals surface area contributed by atoms with Crippen LogP contribution in [0.1, 0.15) is 12.0 Å². The minimum Gasteiger partial charge on any atom is -0.340 e. The minimum absolute atomic E-state index is 0.0936. The molecule has 21 heavy (non-hydrogen) atoms. The van der Waals surface area contributed by atoms with E-state index in [-0.39, 0.29) is 24.6 Å². The first-order chi connectivity index (χ1) is 9.60. The summed E-state index contributed by atoms with van der Waals surface area (Å²) in [6, 6.07) is 4.16. The number of halogens is 2. The van der Waals surface area contributed by atoms with Crippen LogP contribution in [0.25, 0.3) is 0 Å². The Kier molecular flexibility index (Phi) is 6.46. The van der Waals surface area contributed by atoms with Gasteiger partial charge in [-0.25, -0.2) is 8.42 Å². The molecular weight excluding hydrogens is 335 g/mol. The third-order valence-electron chi connectivity index (χ3n) is 2.92. The molecule has 0 aliphatic carbocycles. The van der Waals surface area contributed by atoms with Gasteiger partial charge in [0.05, 0.1) is 11.8 Å². The van der Waals surface area contributed by atoms with Crippen molar-refractivity contribution in [3.63, 3.8) is 0 Å². The molecule has 0 fully saturated rings. The van der Waals surface area contributed by atoms with E-state index in [9.17, 15) is 13.2 Å². The van der Waals surface area contributed by atoms with E-state index in [1.54, 1.807) is 25.2 Å². The van der Waals surface area contributed by atoms with Crippen LogP contribution in [0.3, 0.4) is 0 Å². The molecule has 0 saturated carbocycles. The Morgan fingerprint density at radius 3 is 2.52 bits per heavy atom. The van der Waals surface area contributed by atoms with Crippen LogP contribution in [-0.4, -0.2) is 44.3 Å². The molecule has 1 amide bonds. The first kappa shape index (κ1) is 18.2. The number of benzene rings is 1. The van der Waals surface area contributed by atoms with E-state index in [2.05, 4.69) is 0 Å². The zero-order valence-corrected chi connectivity index (χ0v) is 14.2. The van der Waals surface area contributed by atoms with Crippen molar-refractivity contribution in [2.75, 3.05) is 19.1 Å². The molecule has 1 rings (SSSR count). The Hall–Kier alpha value is -0.820. The molecule has 8 heteroatoms. The lowest BCUT2D eigenvalue weighted by Gasteiger charge is -2.21. The lowest BCUT2D eigenvalue weighted by molar-refractivity contribution is -0.131. The monoisotopic (exact) mass is 352 g/mol. The Bertz CT molecular complexity index is 620. The summed E-state index contributed by atoms with van der Waals surface area (Å²) in [6.45, 7) is 0.279.